The van der Waals surface area contributed by atoms with E-state index in [-0.39, 0.29) is 5.78 Å². The molecule has 0 N–H and O–H groups in total. The maximum atomic E-state index is 11.7. The second-order valence-corrected chi connectivity index (χ2v) is 4.17. The van der Waals surface area contributed by atoms with Gasteiger partial charge in [0.1, 0.15) is 0 Å². The number of halogens is 1. The fraction of sp³-hybridized carbons (Fsp3) is 0.308. The summed E-state index contributed by atoms with van der Waals surface area (Å²) in [6, 6.07) is 5.68. The summed E-state index contributed by atoms with van der Waals surface area (Å²) in [5.41, 5.74) is 1.89. The van der Waals surface area contributed by atoms with Gasteiger partial charge < -0.3 is 0 Å². The third-order valence-corrected chi connectivity index (χ3v) is 3.00. The number of hydrogen-bond donors (Lipinski definition) is 0. The minimum atomic E-state index is 0.151. The molecule has 2 heteroatoms. The molecule has 0 heterocycles. The molecule has 0 spiro atoms. The Morgan fingerprint density at radius 2 is 2.20 bits per heavy atom. The van der Waals surface area contributed by atoms with E-state index in [4.69, 9.17) is 0 Å². The van der Waals surface area contributed by atoms with Crippen molar-refractivity contribution in [2.45, 2.75) is 26.7 Å². The van der Waals surface area contributed by atoms with Crippen molar-refractivity contribution >= 4 is 21.7 Å². The number of rotatable bonds is 3. The van der Waals surface area contributed by atoms with Crippen molar-refractivity contribution < 1.29 is 4.79 Å². The molecule has 0 aliphatic heterocycles. The van der Waals surface area contributed by atoms with Gasteiger partial charge in [-0.15, -0.1) is 11.8 Å². The lowest BCUT2D eigenvalue weighted by Crippen LogP contribution is -1.98. The monoisotopic (exact) mass is 264 g/mol. The Bertz CT molecular complexity index is 424. The van der Waals surface area contributed by atoms with Crippen LogP contribution in [0.4, 0.5) is 0 Å². The highest BCUT2D eigenvalue weighted by Gasteiger charge is 2.06. The molecule has 1 nitrogen and oxygen atoms in total. The first-order chi connectivity index (χ1) is 7.15. The van der Waals surface area contributed by atoms with E-state index < -0.39 is 0 Å². The van der Waals surface area contributed by atoms with Crippen molar-refractivity contribution in [1.29, 1.82) is 0 Å². The van der Waals surface area contributed by atoms with Crippen molar-refractivity contribution in [3.63, 3.8) is 0 Å². The number of carbonyl (C=O) groups excluding carboxylic acids is 1. The predicted octanol–water partition coefficient (Wildman–Crippen LogP) is 3.74. The van der Waals surface area contributed by atoms with Crippen LogP contribution in [0.15, 0.2) is 22.7 Å². The third kappa shape index (κ3) is 3.53. The summed E-state index contributed by atoms with van der Waals surface area (Å²) in [4.78, 5) is 11.7. The van der Waals surface area contributed by atoms with E-state index in [1.165, 1.54) is 0 Å². The van der Waals surface area contributed by atoms with Crippen LogP contribution in [0.2, 0.25) is 0 Å². The van der Waals surface area contributed by atoms with Gasteiger partial charge in [-0.1, -0.05) is 28.1 Å². The molecule has 0 atom stereocenters. The van der Waals surface area contributed by atoms with Gasteiger partial charge in [0.05, 0.1) is 0 Å². The third-order valence-electron chi connectivity index (χ3n) is 2.15. The quantitative estimate of drug-likeness (QED) is 0.601. The van der Waals surface area contributed by atoms with Gasteiger partial charge >= 0.3 is 0 Å². The summed E-state index contributed by atoms with van der Waals surface area (Å²) in [6.07, 6.45) is 1.14. The summed E-state index contributed by atoms with van der Waals surface area (Å²) >= 11 is 3.42. The lowest BCUT2D eigenvalue weighted by Gasteiger charge is -2.02. The van der Waals surface area contributed by atoms with Gasteiger partial charge in [0, 0.05) is 22.9 Å². The summed E-state index contributed by atoms with van der Waals surface area (Å²) in [7, 11) is 0. The second kappa shape index (κ2) is 5.72. The number of Topliss-reactive ketones (excluding diaryl/α,β-unsaturated/α-hetero) is 1. The Hall–Kier alpha value is -1.07. The van der Waals surface area contributed by atoms with E-state index in [1.807, 2.05) is 25.1 Å². The number of aryl methyl sites for hydroxylation is 1. The largest absolute Gasteiger partial charge is 0.294 e. The first-order valence-electron chi connectivity index (χ1n) is 4.84. The average Bonchev–Trinajstić information content (AvgIpc) is 2.22. The smallest absolute Gasteiger partial charge is 0.163 e. The second-order valence-electron chi connectivity index (χ2n) is 3.31. The predicted molar refractivity (Wildman–Crippen MR) is 65.9 cm³/mol. The van der Waals surface area contributed by atoms with Crippen LogP contribution in [0.25, 0.3) is 0 Å². The molecule has 0 unspecified atom stereocenters. The molecule has 15 heavy (non-hydrogen) atoms. The topological polar surface area (TPSA) is 17.1 Å². The van der Waals surface area contributed by atoms with Crippen LogP contribution >= 0.6 is 15.9 Å². The zero-order valence-electron chi connectivity index (χ0n) is 8.93. The molecule has 0 radical (unpaired) electrons. The molecule has 0 aliphatic rings. The molecule has 78 valence electrons. The number of carbonyl (C=O) groups is 1. The normalized spacial score (nSPS) is 9.27. The molecule has 1 aromatic rings. The standard InChI is InChI=1S/C13H13BrO/c1-3-4-5-6-13(15)11-8-7-10(2)12(14)9-11/h7-9H,5-6H2,1-2H3. The molecule has 0 aliphatic carbocycles. The molecule has 1 rings (SSSR count). The zero-order valence-corrected chi connectivity index (χ0v) is 10.5. The van der Waals surface area contributed by atoms with Crippen molar-refractivity contribution in [2.24, 2.45) is 0 Å². The van der Waals surface area contributed by atoms with Crippen molar-refractivity contribution in [1.82, 2.24) is 0 Å². The van der Waals surface area contributed by atoms with Crippen molar-refractivity contribution in [2.75, 3.05) is 0 Å². The average molecular weight is 265 g/mol. The van der Waals surface area contributed by atoms with Crippen LogP contribution < -0.4 is 0 Å². The number of ketones is 1. The van der Waals surface area contributed by atoms with Gasteiger partial charge in [0.25, 0.3) is 0 Å². The van der Waals surface area contributed by atoms with E-state index in [9.17, 15) is 4.79 Å². The zero-order chi connectivity index (χ0) is 11.3. The van der Waals surface area contributed by atoms with Crippen LogP contribution in [0.5, 0.6) is 0 Å². The molecular formula is C13H13BrO. The highest BCUT2D eigenvalue weighted by Crippen LogP contribution is 2.18. The Kier molecular flexibility index (Phi) is 4.58. The van der Waals surface area contributed by atoms with Gasteiger partial charge in [0.2, 0.25) is 0 Å². The summed E-state index contributed by atoms with van der Waals surface area (Å²) in [5.74, 6) is 5.83. The van der Waals surface area contributed by atoms with Gasteiger partial charge in [-0.2, -0.15) is 0 Å². The number of benzene rings is 1. The molecular weight excluding hydrogens is 252 g/mol. The van der Waals surface area contributed by atoms with Gasteiger partial charge in [-0.3, -0.25) is 4.79 Å². The van der Waals surface area contributed by atoms with Crippen LogP contribution in [-0.2, 0) is 0 Å². The van der Waals surface area contributed by atoms with Crippen LogP contribution in [0.3, 0.4) is 0 Å². The Morgan fingerprint density at radius 1 is 1.47 bits per heavy atom. The SMILES string of the molecule is CC#CCCC(=O)c1ccc(C)c(Br)c1. The van der Waals surface area contributed by atoms with E-state index in [2.05, 4.69) is 27.8 Å². The molecule has 0 saturated carbocycles. The molecule has 0 saturated heterocycles. The first-order valence-corrected chi connectivity index (χ1v) is 5.63. The van der Waals surface area contributed by atoms with E-state index in [1.54, 1.807) is 6.92 Å². The molecule has 0 amide bonds. The lowest BCUT2D eigenvalue weighted by atomic mass is 10.1. The molecule has 0 bridgehead atoms. The Morgan fingerprint density at radius 3 is 2.80 bits per heavy atom. The Labute approximate surface area is 99.0 Å². The summed E-state index contributed by atoms with van der Waals surface area (Å²) < 4.78 is 0.981. The maximum Gasteiger partial charge on any atom is 0.163 e. The van der Waals surface area contributed by atoms with E-state index in [0.29, 0.717) is 12.8 Å². The van der Waals surface area contributed by atoms with E-state index >= 15 is 0 Å². The van der Waals surface area contributed by atoms with Crippen molar-refractivity contribution in [3.05, 3.63) is 33.8 Å². The van der Waals surface area contributed by atoms with Crippen LogP contribution in [0.1, 0.15) is 35.7 Å². The lowest BCUT2D eigenvalue weighted by molar-refractivity contribution is 0.0984. The summed E-state index contributed by atoms with van der Waals surface area (Å²) in [5, 5.41) is 0. The Balaban J connectivity index is 2.72. The maximum absolute atomic E-state index is 11.7. The van der Waals surface area contributed by atoms with Crippen molar-refractivity contribution in [3.8, 4) is 11.8 Å². The van der Waals surface area contributed by atoms with E-state index in [0.717, 1.165) is 15.6 Å². The van der Waals surface area contributed by atoms with Gasteiger partial charge in [-0.25, -0.2) is 0 Å². The highest BCUT2D eigenvalue weighted by atomic mass is 79.9. The van der Waals surface area contributed by atoms with Crippen LogP contribution in [0, 0.1) is 18.8 Å². The fourth-order valence-electron chi connectivity index (χ4n) is 1.21. The highest BCUT2D eigenvalue weighted by molar-refractivity contribution is 9.10. The molecule has 0 fully saturated rings. The molecule has 0 aromatic heterocycles. The first kappa shape index (κ1) is 12.0. The molecule has 1 aromatic carbocycles. The minimum absolute atomic E-state index is 0.151. The van der Waals surface area contributed by atoms with Gasteiger partial charge in [0.15, 0.2) is 5.78 Å². The summed E-state index contributed by atoms with van der Waals surface area (Å²) in [6.45, 7) is 3.79. The minimum Gasteiger partial charge on any atom is -0.294 e. The fourth-order valence-corrected chi connectivity index (χ4v) is 1.59. The van der Waals surface area contributed by atoms with Crippen LogP contribution in [-0.4, -0.2) is 5.78 Å². The van der Waals surface area contributed by atoms with Gasteiger partial charge in [-0.05, 0) is 25.5 Å². The number of hydrogen-bond acceptors (Lipinski definition) is 1.